The van der Waals surface area contributed by atoms with Gasteiger partial charge in [0, 0.05) is 26.2 Å². The Hall–Kier alpha value is -1.73. The van der Waals surface area contributed by atoms with Crippen molar-refractivity contribution in [1.82, 2.24) is 15.3 Å². The lowest BCUT2D eigenvalue weighted by Crippen LogP contribution is -2.28. The van der Waals surface area contributed by atoms with Crippen LogP contribution < -0.4 is 16.6 Å². The number of nitrogens with two attached hydrogens (primary N) is 1. The van der Waals surface area contributed by atoms with E-state index in [1.165, 1.54) is 6.20 Å². The first-order chi connectivity index (χ1) is 9.10. The number of nitrogens with one attached hydrogen (secondary N) is 2. The highest BCUT2D eigenvalue weighted by atomic mass is 16.5. The van der Waals surface area contributed by atoms with Gasteiger partial charge in [0.1, 0.15) is 5.82 Å². The van der Waals surface area contributed by atoms with Crippen LogP contribution in [0, 0.1) is 0 Å². The Balaban J connectivity index is 2.78. The summed E-state index contributed by atoms with van der Waals surface area (Å²) in [5.74, 6) is 5.85. The maximum atomic E-state index is 12.0. The Morgan fingerprint density at radius 1 is 1.53 bits per heavy atom. The van der Waals surface area contributed by atoms with E-state index in [1.807, 2.05) is 13.8 Å². The van der Waals surface area contributed by atoms with Gasteiger partial charge in [0.05, 0.1) is 11.9 Å². The summed E-state index contributed by atoms with van der Waals surface area (Å²) >= 11 is 0. The van der Waals surface area contributed by atoms with Gasteiger partial charge in [-0.05, 0) is 6.42 Å². The van der Waals surface area contributed by atoms with E-state index < -0.39 is 0 Å². The van der Waals surface area contributed by atoms with Crippen LogP contribution in [0.25, 0.3) is 0 Å². The number of amides is 1. The van der Waals surface area contributed by atoms with Crippen LogP contribution >= 0.6 is 0 Å². The van der Waals surface area contributed by atoms with Crippen molar-refractivity contribution >= 4 is 11.6 Å². The van der Waals surface area contributed by atoms with Gasteiger partial charge in [0.25, 0.3) is 5.91 Å². The van der Waals surface area contributed by atoms with Gasteiger partial charge in [-0.3, -0.25) is 10.6 Å². The molecule has 1 aromatic rings. The van der Waals surface area contributed by atoms with Crippen LogP contribution in [-0.4, -0.2) is 36.1 Å². The monoisotopic (exact) mass is 267 g/mol. The van der Waals surface area contributed by atoms with E-state index in [-0.39, 0.29) is 17.5 Å². The van der Waals surface area contributed by atoms with Crippen LogP contribution in [0.1, 0.15) is 42.5 Å². The van der Waals surface area contributed by atoms with Crippen molar-refractivity contribution in [2.75, 3.05) is 25.7 Å². The van der Waals surface area contributed by atoms with E-state index in [1.54, 1.807) is 7.11 Å². The maximum Gasteiger partial charge on any atom is 0.272 e. The molecule has 1 aromatic heterocycles. The normalized spacial score (nSPS) is 10.6. The van der Waals surface area contributed by atoms with E-state index in [4.69, 9.17) is 10.6 Å². The molecule has 19 heavy (non-hydrogen) atoms. The van der Waals surface area contributed by atoms with E-state index in [2.05, 4.69) is 20.7 Å². The highest BCUT2D eigenvalue weighted by Gasteiger charge is 2.15. The number of hydrogen-bond donors (Lipinski definition) is 3. The lowest BCUT2D eigenvalue weighted by Gasteiger charge is -2.11. The summed E-state index contributed by atoms with van der Waals surface area (Å²) in [7, 11) is 1.62. The third kappa shape index (κ3) is 4.46. The molecule has 0 aliphatic rings. The number of ether oxygens (including phenoxy) is 1. The summed E-state index contributed by atoms with van der Waals surface area (Å²) in [4.78, 5) is 20.4. The van der Waals surface area contributed by atoms with Gasteiger partial charge in [-0.25, -0.2) is 9.97 Å². The number of aromatic nitrogens is 2. The van der Waals surface area contributed by atoms with Crippen LogP contribution in [-0.2, 0) is 4.74 Å². The minimum absolute atomic E-state index is 0.145. The summed E-state index contributed by atoms with van der Waals surface area (Å²) in [5, 5.41) is 2.77. The number of carbonyl (C=O) groups excluding carboxylic acids is 1. The SMILES string of the molecule is COCCCNC(=O)c1nc(C(C)C)ncc1NN. The molecule has 0 atom stereocenters. The van der Waals surface area contributed by atoms with Gasteiger partial charge in [-0.1, -0.05) is 13.8 Å². The number of nitrogens with zero attached hydrogens (tertiary/aromatic N) is 2. The lowest BCUT2D eigenvalue weighted by molar-refractivity contribution is 0.0944. The number of methoxy groups -OCH3 is 1. The van der Waals surface area contributed by atoms with Gasteiger partial charge < -0.3 is 15.5 Å². The molecule has 0 aromatic carbocycles. The molecular weight excluding hydrogens is 246 g/mol. The minimum Gasteiger partial charge on any atom is -0.385 e. The second kappa shape index (κ2) is 7.65. The zero-order valence-electron chi connectivity index (χ0n) is 11.6. The fourth-order valence-corrected chi connectivity index (χ4v) is 1.45. The van der Waals surface area contributed by atoms with E-state index in [9.17, 15) is 4.79 Å². The Kier molecular flexibility index (Phi) is 6.17. The number of anilines is 1. The maximum absolute atomic E-state index is 12.0. The molecular formula is C12H21N5O2. The van der Waals surface area contributed by atoms with Gasteiger partial charge >= 0.3 is 0 Å². The van der Waals surface area contributed by atoms with Gasteiger partial charge in [0.15, 0.2) is 5.69 Å². The largest absolute Gasteiger partial charge is 0.385 e. The van der Waals surface area contributed by atoms with E-state index >= 15 is 0 Å². The van der Waals surface area contributed by atoms with Gasteiger partial charge in [-0.15, -0.1) is 0 Å². The molecule has 1 heterocycles. The van der Waals surface area contributed by atoms with Crippen LogP contribution in [0.15, 0.2) is 6.20 Å². The Bertz CT molecular complexity index is 423. The van der Waals surface area contributed by atoms with Crippen LogP contribution in [0.4, 0.5) is 5.69 Å². The van der Waals surface area contributed by atoms with Crippen LogP contribution in [0.2, 0.25) is 0 Å². The van der Waals surface area contributed by atoms with Crippen molar-refractivity contribution in [1.29, 1.82) is 0 Å². The zero-order chi connectivity index (χ0) is 14.3. The summed E-state index contributed by atoms with van der Waals surface area (Å²) < 4.78 is 4.92. The highest BCUT2D eigenvalue weighted by molar-refractivity contribution is 5.97. The predicted molar refractivity (Wildman–Crippen MR) is 72.8 cm³/mol. The number of nitrogen functional groups attached to an aromatic ring is 1. The second-order valence-corrected chi connectivity index (χ2v) is 4.39. The Labute approximate surface area is 112 Å². The first kappa shape index (κ1) is 15.3. The fraction of sp³-hybridized carbons (Fsp3) is 0.583. The average molecular weight is 267 g/mol. The molecule has 0 bridgehead atoms. The summed E-state index contributed by atoms with van der Waals surface area (Å²) in [6.45, 7) is 5.05. The van der Waals surface area contributed by atoms with Crippen LogP contribution in [0.5, 0.6) is 0 Å². The topological polar surface area (TPSA) is 102 Å². The molecule has 0 aliphatic heterocycles. The standard InChI is InChI=1S/C12H21N5O2/c1-8(2)11-15-7-9(17-13)10(16-11)12(18)14-5-4-6-19-3/h7-8,17H,4-6,13H2,1-3H3,(H,14,18). The number of hydrogen-bond acceptors (Lipinski definition) is 6. The fourth-order valence-electron chi connectivity index (χ4n) is 1.45. The predicted octanol–water partition coefficient (Wildman–Crippen LogP) is 0.652. The molecule has 0 spiro atoms. The van der Waals surface area contributed by atoms with Crippen molar-refractivity contribution in [3.63, 3.8) is 0 Å². The summed E-state index contributed by atoms with van der Waals surface area (Å²) in [6.07, 6.45) is 2.27. The average Bonchev–Trinajstić information content (AvgIpc) is 2.42. The summed E-state index contributed by atoms with van der Waals surface area (Å²) in [6, 6.07) is 0. The summed E-state index contributed by atoms with van der Waals surface area (Å²) in [5.41, 5.74) is 3.11. The molecule has 4 N–H and O–H groups in total. The van der Waals surface area contributed by atoms with E-state index in [0.717, 1.165) is 6.42 Å². The molecule has 0 saturated heterocycles. The number of rotatable bonds is 7. The molecule has 1 rings (SSSR count). The molecule has 106 valence electrons. The number of hydrazine groups is 1. The third-order valence-corrected chi connectivity index (χ3v) is 2.51. The molecule has 7 nitrogen and oxygen atoms in total. The molecule has 7 heteroatoms. The van der Waals surface area contributed by atoms with Crippen molar-refractivity contribution in [3.8, 4) is 0 Å². The first-order valence-electron chi connectivity index (χ1n) is 6.20. The smallest absolute Gasteiger partial charge is 0.272 e. The van der Waals surface area contributed by atoms with Gasteiger partial charge in [0.2, 0.25) is 0 Å². The molecule has 0 aliphatic carbocycles. The quantitative estimate of drug-likeness (QED) is 0.381. The second-order valence-electron chi connectivity index (χ2n) is 4.39. The first-order valence-corrected chi connectivity index (χ1v) is 6.20. The Morgan fingerprint density at radius 2 is 2.26 bits per heavy atom. The van der Waals surface area contributed by atoms with Crippen molar-refractivity contribution < 1.29 is 9.53 Å². The van der Waals surface area contributed by atoms with Crippen molar-refractivity contribution in [2.24, 2.45) is 5.84 Å². The zero-order valence-corrected chi connectivity index (χ0v) is 11.6. The number of carbonyl (C=O) groups is 1. The molecule has 0 saturated carbocycles. The highest BCUT2D eigenvalue weighted by Crippen LogP contribution is 2.15. The van der Waals surface area contributed by atoms with Gasteiger partial charge in [-0.2, -0.15) is 0 Å². The Morgan fingerprint density at radius 3 is 2.84 bits per heavy atom. The third-order valence-electron chi connectivity index (χ3n) is 2.51. The molecule has 0 fully saturated rings. The molecule has 0 radical (unpaired) electrons. The minimum atomic E-state index is -0.270. The van der Waals surface area contributed by atoms with Crippen molar-refractivity contribution in [2.45, 2.75) is 26.2 Å². The van der Waals surface area contributed by atoms with Crippen molar-refractivity contribution in [3.05, 3.63) is 17.7 Å². The van der Waals surface area contributed by atoms with Crippen LogP contribution in [0.3, 0.4) is 0 Å². The lowest BCUT2D eigenvalue weighted by atomic mass is 10.2. The van der Waals surface area contributed by atoms with E-state index in [0.29, 0.717) is 24.7 Å². The molecule has 1 amide bonds. The molecule has 0 unspecified atom stereocenters.